The van der Waals surface area contributed by atoms with Crippen molar-refractivity contribution in [2.75, 3.05) is 0 Å². The van der Waals surface area contributed by atoms with Gasteiger partial charge in [0.2, 0.25) is 10.0 Å². The van der Waals surface area contributed by atoms with Crippen LogP contribution >= 0.6 is 0 Å². The number of benzene rings is 1. The summed E-state index contributed by atoms with van der Waals surface area (Å²) in [5, 5.41) is 9.03. The molecule has 1 saturated carbocycles. The number of hydrogen-bond acceptors (Lipinski definition) is 4. The number of carbonyl (C=O) groups is 1. The highest BCUT2D eigenvalue weighted by Crippen LogP contribution is 2.26. The second-order valence-electron chi connectivity index (χ2n) is 6.78. The number of aryl methyl sites for hydroxylation is 1. The molecule has 1 fully saturated rings. The van der Waals surface area contributed by atoms with Gasteiger partial charge in [-0.1, -0.05) is 12.1 Å². The van der Waals surface area contributed by atoms with Crippen molar-refractivity contribution >= 4 is 16.0 Å². The van der Waals surface area contributed by atoms with E-state index in [0.29, 0.717) is 25.7 Å². The number of aromatic nitrogens is 1. The number of rotatable bonds is 5. The Labute approximate surface area is 153 Å². The fraction of sp³-hybridized carbons (Fsp3) is 0.368. The van der Waals surface area contributed by atoms with Gasteiger partial charge in [0.1, 0.15) is 0 Å². The van der Waals surface area contributed by atoms with Gasteiger partial charge in [0.25, 0.3) is 0 Å². The molecule has 1 aliphatic rings. The number of sulfonamides is 1. The zero-order chi connectivity index (χ0) is 18.7. The minimum Gasteiger partial charge on any atom is -0.481 e. The number of carboxylic acid groups (broad SMARTS) is 1. The predicted molar refractivity (Wildman–Crippen MR) is 98.1 cm³/mol. The molecule has 0 bridgehead atoms. The Bertz CT molecular complexity index is 886. The largest absolute Gasteiger partial charge is 0.481 e. The average molecular weight is 374 g/mol. The van der Waals surface area contributed by atoms with Gasteiger partial charge in [0.15, 0.2) is 0 Å². The Balaban J connectivity index is 1.69. The van der Waals surface area contributed by atoms with Crippen molar-refractivity contribution in [3.05, 3.63) is 48.3 Å². The quantitative estimate of drug-likeness (QED) is 0.839. The molecule has 0 saturated heterocycles. The lowest BCUT2D eigenvalue weighted by Crippen LogP contribution is -2.38. The van der Waals surface area contributed by atoms with Gasteiger partial charge in [-0.3, -0.25) is 9.78 Å². The highest BCUT2D eigenvalue weighted by Gasteiger charge is 2.28. The first-order valence-corrected chi connectivity index (χ1v) is 10.1. The number of carboxylic acids is 1. The summed E-state index contributed by atoms with van der Waals surface area (Å²) in [6.45, 7) is 1.96. The Morgan fingerprint density at radius 2 is 1.73 bits per heavy atom. The van der Waals surface area contributed by atoms with Gasteiger partial charge in [-0.2, -0.15) is 0 Å². The van der Waals surface area contributed by atoms with Gasteiger partial charge in [-0.25, -0.2) is 13.1 Å². The van der Waals surface area contributed by atoms with Crippen molar-refractivity contribution in [2.24, 2.45) is 5.92 Å². The summed E-state index contributed by atoms with van der Waals surface area (Å²) in [5.74, 6) is -1.16. The Morgan fingerprint density at radius 3 is 2.31 bits per heavy atom. The highest BCUT2D eigenvalue weighted by molar-refractivity contribution is 7.89. The second kappa shape index (κ2) is 7.55. The van der Waals surface area contributed by atoms with Crippen LogP contribution in [0.5, 0.6) is 0 Å². The normalized spacial score (nSPS) is 20.7. The first-order chi connectivity index (χ1) is 12.3. The van der Waals surface area contributed by atoms with Crippen LogP contribution in [-0.4, -0.2) is 30.5 Å². The lowest BCUT2D eigenvalue weighted by atomic mass is 9.87. The molecule has 1 aliphatic carbocycles. The zero-order valence-corrected chi connectivity index (χ0v) is 15.4. The minimum absolute atomic E-state index is 0.210. The summed E-state index contributed by atoms with van der Waals surface area (Å²) in [6.07, 6.45) is 5.61. The Morgan fingerprint density at radius 1 is 1.08 bits per heavy atom. The van der Waals surface area contributed by atoms with Crippen LogP contribution in [0.3, 0.4) is 0 Å². The van der Waals surface area contributed by atoms with Gasteiger partial charge >= 0.3 is 5.97 Å². The van der Waals surface area contributed by atoms with E-state index in [9.17, 15) is 13.2 Å². The number of nitrogens with one attached hydrogen (secondary N) is 1. The summed E-state index contributed by atoms with van der Waals surface area (Å²) >= 11 is 0. The molecule has 0 amide bonds. The van der Waals surface area contributed by atoms with Crippen molar-refractivity contribution in [1.29, 1.82) is 0 Å². The smallest absolute Gasteiger partial charge is 0.306 e. The van der Waals surface area contributed by atoms with Crippen LogP contribution < -0.4 is 4.72 Å². The lowest BCUT2D eigenvalue weighted by molar-refractivity contribution is -0.142. The number of aliphatic carboxylic acids is 1. The van der Waals surface area contributed by atoms with Gasteiger partial charge in [0.05, 0.1) is 10.8 Å². The maximum atomic E-state index is 12.6. The second-order valence-corrected chi connectivity index (χ2v) is 8.50. The summed E-state index contributed by atoms with van der Waals surface area (Å²) in [5.41, 5.74) is 2.88. The Kier molecular flexibility index (Phi) is 5.38. The van der Waals surface area contributed by atoms with Crippen molar-refractivity contribution in [1.82, 2.24) is 9.71 Å². The molecule has 0 aliphatic heterocycles. The summed E-state index contributed by atoms with van der Waals surface area (Å²) < 4.78 is 27.9. The van der Waals surface area contributed by atoms with E-state index in [1.54, 1.807) is 36.7 Å². The first kappa shape index (κ1) is 18.5. The molecule has 6 nitrogen and oxygen atoms in total. The molecule has 7 heteroatoms. The zero-order valence-electron chi connectivity index (χ0n) is 14.6. The number of hydrogen-bond donors (Lipinski definition) is 2. The molecular weight excluding hydrogens is 352 g/mol. The third kappa shape index (κ3) is 4.28. The Hall–Kier alpha value is -2.25. The van der Waals surface area contributed by atoms with Gasteiger partial charge in [0, 0.05) is 24.0 Å². The molecule has 2 N–H and O–H groups in total. The number of pyridine rings is 1. The molecule has 0 unspecified atom stereocenters. The molecule has 26 heavy (non-hydrogen) atoms. The van der Waals surface area contributed by atoms with Gasteiger partial charge < -0.3 is 5.11 Å². The van der Waals surface area contributed by atoms with E-state index in [2.05, 4.69) is 9.71 Å². The van der Waals surface area contributed by atoms with Crippen LogP contribution in [0.4, 0.5) is 0 Å². The molecule has 3 rings (SSSR count). The van der Waals surface area contributed by atoms with Crippen molar-refractivity contribution in [3.8, 4) is 11.1 Å². The SMILES string of the molecule is Cc1cncc(-c2ccc(S(=O)(=O)NC3CCC(C(=O)O)CC3)cc2)c1. The maximum absolute atomic E-state index is 12.6. The monoisotopic (exact) mass is 374 g/mol. The molecule has 1 heterocycles. The fourth-order valence-electron chi connectivity index (χ4n) is 3.29. The van der Waals surface area contributed by atoms with E-state index < -0.39 is 16.0 Å². The standard InChI is InChI=1S/C19H22N2O4S/c1-13-10-16(12-20-11-13)14-4-8-18(9-5-14)26(24,25)21-17-6-2-15(3-7-17)19(22)23/h4-5,8-12,15,17,21H,2-3,6-7H2,1H3,(H,22,23). The molecule has 2 aromatic rings. The van der Waals surface area contributed by atoms with Crippen molar-refractivity contribution in [3.63, 3.8) is 0 Å². The van der Waals surface area contributed by atoms with Crippen LogP contribution in [-0.2, 0) is 14.8 Å². The third-order valence-electron chi connectivity index (χ3n) is 4.77. The van der Waals surface area contributed by atoms with Crippen LogP contribution in [0.1, 0.15) is 31.2 Å². The third-order valence-corrected chi connectivity index (χ3v) is 6.31. The average Bonchev–Trinajstić information content (AvgIpc) is 2.62. The fourth-order valence-corrected chi connectivity index (χ4v) is 4.59. The molecule has 0 radical (unpaired) electrons. The predicted octanol–water partition coefficient (Wildman–Crippen LogP) is 2.98. The summed E-state index contributed by atoms with van der Waals surface area (Å²) in [6, 6.07) is 8.50. The highest BCUT2D eigenvalue weighted by atomic mass is 32.2. The van der Waals surface area contributed by atoms with E-state index in [1.165, 1.54) is 0 Å². The van der Waals surface area contributed by atoms with Crippen LogP contribution in [0, 0.1) is 12.8 Å². The van der Waals surface area contributed by atoms with Crippen molar-refractivity contribution < 1.29 is 18.3 Å². The molecule has 0 atom stereocenters. The summed E-state index contributed by atoms with van der Waals surface area (Å²) in [7, 11) is -3.62. The topological polar surface area (TPSA) is 96.4 Å². The lowest BCUT2D eigenvalue weighted by Gasteiger charge is -2.26. The summed E-state index contributed by atoms with van der Waals surface area (Å²) in [4.78, 5) is 15.4. The van der Waals surface area contributed by atoms with Crippen LogP contribution in [0.2, 0.25) is 0 Å². The van der Waals surface area contributed by atoms with E-state index in [-0.39, 0.29) is 16.9 Å². The van der Waals surface area contributed by atoms with Crippen molar-refractivity contribution in [2.45, 2.75) is 43.5 Å². The maximum Gasteiger partial charge on any atom is 0.306 e. The number of nitrogens with zero attached hydrogens (tertiary/aromatic N) is 1. The first-order valence-electron chi connectivity index (χ1n) is 8.62. The molecule has 1 aromatic heterocycles. The van der Waals surface area contributed by atoms with E-state index in [1.807, 2.05) is 13.0 Å². The van der Waals surface area contributed by atoms with E-state index in [0.717, 1.165) is 16.7 Å². The van der Waals surface area contributed by atoms with Crippen LogP contribution in [0.25, 0.3) is 11.1 Å². The van der Waals surface area contributed by atoms with Crippen LogP contribution in [0.15, 0.2) is 47.6 Å². The molecule has 138 valence electrons. The van der Waals surface area contributed by atoms with E-state index in [4.69, 9.17) is 5.11 Å². The van der Waals surface area contributed by atoms with Gasteiger partial charge in [-0.15, -0.1) is 0 Å². The van der Waals surface area contributed by atoms with E-state index >= 15 is 0 Å². The molecular formula is C19H22N2O4S. The molecule has 0 spiro atoms. The minimum atomic E-state index is -3.62. The molecule has 1 aromatic carbocycles. The van der Waals surface area contributed by atoms with Gasteiger partial charge in [-0.05, 0) is 61.9 Å².